The first kappa shape index (κ1) is 24.6. The normalized spacial score (nSPS) is 11.0. The zero-order chi connectivity index (χ0) is 21.2. The predicted octanol–water partition coefficient (Wildman–Crippen LogP) is 4.80. The van der Waals surface area contributed by atoms with Gasteiger partial charge in [0.25, 0.3) is 0 Å². The lowest BCUT2D eigenvalue weighted by atomic mass is 10.2. The fraction of sp³-hybridized carbons (Fsp3) is 0.304. The summed E-state index contributed by atoms with van der Waals surface area (Å²) >= 11 is 0. The van der Waals surface area contributed by atoms with Crippen LogP contribution in [-0.4, -0.2) is 30.6 Å². The van der Waals surface area contributed by atoms with E-state index in [2.05, 4.69) is 20.6 Å². The Kier molecular flexibility index (Phi) is 10.3. The Labute approximate surface area is 199 Å². The minimum Gasteiger partial charge on any atom is -0.494 e. The third-order valence-corrected chi connectivity index (χ3v) is 4.34. The SMILES string of the molecule is CCNC(=NCc1ccccc1OCC)NCCc1coc(-c2ccc(F)cc2)n1.I. The molecule has 0 bridgehead atoms. The van der Waals surface area contributed by atoms with Crippen molar-refractivity contribution < 1.29 is 13.5 Å². The maximum Gasteiger partial charge on any atom is 0.226 e. The van der Waals surface area contributed by atoms with Gasteiger partial charge in [0.15, 0.2) is 5.96 Å². The van der Waals surface area contributed by atoms with Crippen LogP contribution in [0.2, 0.25) is 0 Å². The maximum atomic E-state index is 13.1. The smallest absolute Gasteiger partial charge is 0.226 e. The van der Waals surface area contributed by atoms with Crippen molar-refractivity contribution in [3.63, 3.8) is 0 Å². The average molecular weight is 538 g/mol. The molecule has 0 fully saturated rings. The van der Waals surface area contributed by atoms with E-state index >= 15 is 0 Å². The van der Waals surface area contributed by atoms with Crippen LogP contribution in [0.5, 0.6) is 5.75 Å². The first-order chi connectivity index (χ1) is 14.7. The Morgan fingerprint density at radius 2 is 1.87 bits per heavy atom. The van der Waals surface area contributed by atoms with E-state index in [9.17, 15) is 4.39 Å². The molecule has 6 nitrogen and oxygen atoms in total. The van der Waals surface area contributed by atoms with E-state index in [1.54, 1.807) is 18.4 Å². The molecule has 8 heteroatoms. The molecule has 0 saturated heterocycles. The van der Waals surface area contributed by atoms with Gasteiger partial charge in [-0.15, -0.1) is 24.0 Å². The second kappa shape index (κ2) is 12.9. The molecular formula is C23H28FIN4O2. The molecule has 31 heavy (non-hydrogen) atoms. The highest BCUT2D eigenvalue weighted by Gasteiger charge is 2.08. The second-order valence-corrected chi connectivity index (χ2v) is 6.56. The lowest BCUT2D eigenvalue weighted by Crippen LogP contribution is -2.38. The van der Waals surface area contributed by atoms with Gasteiger partial charge in [0.05, 0.1) is 18.8 Å². The van der Waals surface area contributed by atoms with Crippen LogP contribution in [0, 0.1) is 5.82 Å². The molecule has 1 heterocycles. The minimum absolute atomic E-state index is 0. The summed E-state index contributed by atoms with van der Waals surface area (Å²) < 4.78 is 24.2. The lowest BCUT2D eigenvalue weighted by Gasteiger charge is -2.12. The molecule has 2 aromatic carbocycles. The molecule has 0 saturated carbocycles. The molecule has 1 aromatic heterocycles. The average Bonchev–Trinajstić information content (AvgIpc) is 3.22. The van der Waals surface area contributed by atoms with Gasteiger partial charge in [0.1, 0.15) is 17.8 Å². The molecule has 0 aliphatic heterocycles. The number of hydrogen-bond donors (Lipinski definition) is 2. The second-order valence-electron chi connectivity index (χ2n) is 6.56. The number of ether oxygens (including phenoxy) is 1. The highest BCUT2D eigenvalue weighted by atomic mass is 127. The van der Waals surface area contributed by atoms with Gasteiger partial charge in [0, 0.05) is 30.6 Å². The molecule has 166 valence electrons. The number of aromatic nitrogens is 1. The van der Waals surface area contributed by atoms with Crippen LogP contribution in [0.25, 0.3) is 11.5 Å². The lowest BCUT2D eigenvalue weighted by molar-refractivity contribution is 0.336. The van der Waals surface area contributed by atoms with E-state index in [1.807, 2.05) is 38.1 Å². The van der Waals surface area contributed by atoms with Crippen LogP contribution < -0.4 is 15.4 Å². The van der Waals surface area contributed by atoms with E-state index in [0.717, 1.165) is 35.1 Å². The number of rotatable bonds is 9. The van der Waals surface area contributed by atoms with Crippen LogP contribution in [0.4, 0.5) is 4.39 Å². The van der Waals surface area contributed by atoms with Gasteiger partial charge >= 0.3 is 0 Å². The van der Waals surface area contributed by atoms with E-state index in [-0.39, 0.29) is 29.8 Å². The maximum absolute atomic E-state index is 13.1. The molecule has 0 atom stereocenters. The highest BCUT2D eigenvalue weighted by molar-refractivity contribution is 14.0. The summed E-state index contributed by atoms with van der Waals surface area (Å²) in [5, 5.41) is 6.56. The van der Waals surface area contributed by atoms with E-state index in [0.29, 0.717) is 32.0 Å². The molecule has 0 unspecified atom stereocenters. The highest BCUT2D eigenvalue weighted by Crippen LogP contribution is 2.20. The fourth-order valence-corrected chi connectivity index (χ4v) is 2.89. The van der Waals surface area contributed by atoms with Crippen molar-refractivity contribution >= 4 is 29.9 Å². The summed E-state index contributed by atoms with van der Waals surface area (Å²) in [6, 6.07) is 14.0. The van der Waals surface area contributed by atoms with Crippen molar-refractivity contribution in [2.45, 2.75) is 26.8 Å². The van der Waals surface area contributed by atoms with Gasteiger partial charge in [-0.25, -0.2) is 14.4 Å². The summed E-state index contributed by atoms with van der Waals surface area (Å²) in [4.78, 5) is 9.13. The Bertz CT molecular complexity index is 960. The first-order valence-electron chi connectivity index (χ1n) is 10.1. The molecule has 0 aliphatic rings. The first-order valence-corrected chi connectivity index (χ1v) is 10.1. The molecule has 0 aliphatic carbocycles. The Hall–Kier alpha value is -2.62. The molecule has 0 amide bonds. The molecule has 0 radical (unpaired) electrons. The van der Waals surface area contributed by atoms with Crippen LogP contribution in [0.15, 0.2) is 64.2 Å². The summed E-state index contributed by atoms with van der Waals surface area (Å²) in [6.45, 7) is 6.54. The van der Waals surface area contributed by atoms with Crippen molar-refractivity contribution in [3.8, 4) is 17.2 Å². The van der Waals surface area contributed by atoms with Gasteiger partial charge in [-0.2, -0.15) is 0 Å². The third kappa shape index (κ3) is 7.54. The summed E-state index contributed by atoms with van der Waals surface area (Å²) in [7, 11) is 0. The van der Waals surface area contributed by atoms with E-state index < -0.39 is 0 Å². The van der Waals surface area contributed by atoms with Crippen LogP contribution >= 0.6 is 24.0 Å². The topological polar surface area (TPSA) is 71.7 Å². The Morgan fingerprint density at radius 1 is 1.10 bits per heavy atom. The van der Waals surface area contributed by atoms with Crippen molar-refractivity contribution in [1.29, 1.82) is 0 Å². The van der Waals surface area contributed by atoms with Crippen molar-refractivity contribution in [2.75, 3.05) is 19.7 Å². The standard InChI is InChI=1S/C23H27FN4O2.HI/c1-3-25-23(27-15-18-7-5-6-8-21(18)29-4-2)26-14-13-20-16-30-22(28-20)17-9-11-19(24)12-10-17;/h5-12,16H,3-4,13-15H2,1-2H3,(H2,25,26,27);1H. The number of benzene rings is 2. The quantitative estimate of drug-likeness (QED) is 0.233. The number of nitrogens with one attached hydrogen (secondary N) is 2. The van der Waals surface area contributed by atoms with E-state index in [4.69, 9.17) is 9.15 Å². The van der Waals surface area contributed by atoms with Crippen LogP contribution in [-0.2, 0) is 13.0 Å². The van der Waals surface area contributed by atoms with Crippen molar-refractivity contribution in [3.05, 3.63) is 71.9 Å². The van der Waals surface area contributed by atoms with Crippen molar-refractivity contribution in [1.82, 2.24) is 15.6 Å². The van der Waals surface area contributed by atoms with Gasteiger partial charge < -0.3 is 19.8 Å². The largest absolute Gasteiger partial charge is 0.494 e. The monoisotopic (exact) mass is 538 g/mol. The van der Waals surface area contributed by atoms with Crippen molar-refractivity contribution in [2.24, 2.45) is 4.99 Å². The number of hydrogen-bond acceptors (Lipinski definition) is 4. The number of guanidine groups is 1. The summed E-state index contributed by atoms with van der Waals surface area (Å²) in [6.07, 6.45) is 2.30. The summed E-state index contributed by atoms with van der Waals surface area (Å²) in [5.41, 5.74) is 2.61. The Morgan fingerprint density at radius 3 is 2.61 bits per heavy atom. The number of halogens is 2. The van der Waals surface area contributed by atoms with E-state index in [1.165, 1.54) is 12.1 Å². The molecule has 0 spiro atoms. The zero-order valence-corrected chi connectivity index (χ0v) is 20.1. The Balaban J connectivity index is 0.00000341. The molecule has 3 rings (SSSR count). The number of oxazole rings is 1. The van der Waals surface area contributed by atoms with Crippen LogP contribution in [0.1, 0.15) is 25.1 Å². The van der Waals surface area contributed by atoms with Gasteiger partial charge in [-0.1, -0.05) is 18.2 Å². The molecular weight excluding hydrogens is 510 g/mol. The number of aliphatic imine (C=N–C) groups is 1. The van der Waals surface area contributed by atoms with Crippen LogP contribution in [0.3, 0.4) is 0 Å². The fourth-order valence-electron chi connectivity index (χ4n) is 2.89. The number of nitrogens with zero attached hydrogens (tertiary/aromatic N) is 2. The van der Waals surface area contributed by atoms with Gasteiger partial charge in [0.2, 0.25) is 5.89 Å². The zero-order valence-electron chi connectivity index (χ0n) is 17.7. The number of para-hydroxylation sites is 1. The molecule has 2 N–H and O–H groups in total. The third-order valence-electron chi connectivity index (χ3n) is 4.34. The van der Waals surface area contributed by atoms with Gasteiger partial charge in [-0.3, -0.25) is 0 Å². The molecule has 3 aromatic rings. The minimum atomic E-state index is -0.283. The summed E-state index contributed by atoms with van der Waals surface area (Å²) in [5.74, 6) is 1.79. The van der Waals surface area contributed by atoms with Gasteiger partial charge in [-0.05, 0) is 44.2 Å². The predicted molar refractivity (Wildman–Crippen MR) is 131 cm³/mol.